The highest BCUT2D eigenvalue weighted by Crippen LogP contribution is 2.36. The highest BCUT2D eigenvalue weighted by atomic mass is 16.3. The Morgan fingerprint density at radius 3 is 2.15 bits per heavy atom. The van der Waals surface area contributed by atoms with Gasteiger partial charge in [-0.15, -0.1) is 0 Å². The molecule has 2 aromatic carbocycles. The smallest absolute Gasteiger partial charge is 0.227 e. The molecule has 0 spiro atoms. The molecule has 0 atom stereocenters. The number of pyridine rings is 2. The second-order valence-electron chi connectivity index (χ2n) is 10.9. The molecule has 0 N–H and O–H groups in total. The van der Waals surface area contributed by atoms with Gasteiger partial charge in [-0.25, -0.2) is 4.98 Å². The van der Waals surface area contributed by atoms with Gasteiger partial charge in [-0.2, -0.15) is 0 Å². The van der Waals surface area contributed by atoms with E-state index in [-0.39, 0.29) is 5.41 Å². The highest BCUT2D eigenvalue weighted by molar-refractivity contribution is 6.06. The number of nitrogens with zero attached hydrogens (tertiary/aromatic N) is 2. The third kappa shape index (κ3) is 4.11. The van der Waals surface area contributed by atoms with Gasteiger partial charge in [-0.1, -0.05) is 38.5 Å². The van der Waals surface area contributed by atoms with Crippen LogP contribution in [0.5, 0.6) is 0 Å². The molecule has 5 rings (SSSR count). The van der Waals surface area contributed by atoms with E-state index < -0.39 is 0 Å². The Kier molecular flexibility index (Phi) is 5.31. The van der Waals surface area contributed by atoms with E-state index in [1.54, 1.807) is 0 Å². The molecule has 0 aliphatic heterocycles. The molecule has 3 nitrogen and oxygen atoms in total. The van der Waals surface area contributed by atoms with Crippen LogP contribution < -0.4 is 0 Å². The number of rotatable bonds is 3. The molecule has 0 bridgehead atoms. The Labute approximate surface area is 201 Å². The van der Waals surface area contributed by atoms with Gasteiger partial charge in [0, 0.05) is 34.3 Å². The largest absolute Gasteiger partial charge is 0.438 e. The van der Waals surface area contributed by atoms with Crippen LogP contribution in [-0.4, -0.2) is 9.97 Å². The van der Waals surface area contributed by atoms with Gasteiger partial charge in [-0.05, 0) is 97.7 Å². The van der Waals surface area contributed by atoms with E-state index in [4.69, 9.17) is 9.40 Å². The lowest BCUT2D eigenvalue weighted by atomic mass is 9.86. The van der Waals surface area contributed by atoms with E-state index in [0.717, 1.165) is 39.6 Å². The standard InChI is InChI=1S/C31H32N2O/c1-18-10-19(2)29(20(3)11-18)24-13-26-25-12-22(8-9-28(25)34-30(26)33-17-24)27-14-23(15-31(5,6)7)21(4)16-32-27/h8-14,16-17H,15H2,1-7H3. The van der Waals surface area contributed by atoms with Crippen molar-refractivity contribution < 1.29 is 4.42 Å². The van der Waals surface area contributed by atoms with Crippen molar-refractivity contribution in [3.05, 3.63) is 82.7 Å². The number of furan rings is 1. The number of aryl methyl sites for hydroxylation is 4. The second-order valence-corrected chi connectivity index (χ2v) is 10.9. The van der Waals surface area contributed by atoms with Gasteiger partial charge in [0.1, 0.15) is 5.58 Å². The highest BCUT2D eigenvalue weighted by Gasteiger charge is 2.16. The van der Waals surface area contributed by atoms with Gasteiger partial charge in [-0.3, -0.25) is 4.98 Å². The Morgan fingerprint density at radius 1 is 0.735 bits per heavy atom. The first-order valence-corrected chi connectivity index (χ1v) is 12.0. The lowest BCUT2D eigenvalue weighted by Gasteiger charge is -2.20. The lowest BCUT2D eigenvalue weighted by Crippen LogP contribution is -2.10. The van der Waals surface area contributed by atoms with Crippen LogP contribution in [-0.2, 0) is 6.42 Å². The predicted molar refractivity (Wildman–Crippen MR) is 142 cm³/mol. The van der Waals surface area contributed by atoms with Crippen molar-refractivity contribution in [1.29, 1.82) is 0 Å². The van der Waals surface area contributed by atoms with Crippen molar-refractivity contribution in [2.45, 2.75) is 54.9 Å². The topological polar surface area (TPSA) is 38.9 Å². The van der Waals surface area contributed by atoms with Gasteiger partial charge in [0.05, 0.1) is 5.69 Å². The molecule has 5 aromatic rings. The van der Waals surface area contributed by atoms with Crippen molar-refractivity contribution in [2.75, 3.05) is 0 Å². The van der Waals surface area contributed by atoms with E-state index in [1.807, 2.05) is 18.5 Å². The van der Waals surface area contributed by atoms with E-state index in [0.29, 0.717) is 5.71 Å². The number of benzene rings is 2. The van der Waals surface area contributed by atoms with Gasteiger partial charge in [0.2, 0.25) is 5.71 Å². The lowest BCUT2D eigenvalue weighted by molar-refractivity contribution is 0.410. The van der Waals surface area contributed by atoms with Crippen molar-refractivity contribution >= 4 is 22.1 Å². The van der Waals surface area contributed by atoms with E-state index in [2.05, 4.69) is 89.8 Å². The molecule has 3 heterocycles. The number of aromatic nitrogens is 2. The number of hydrogen-bond donors (Lipinski definition) is 0. The van der Waals surface area contributed by atoms with Crippen molar-refractivity contribution in [3.8, 4) is 22.4 Å². The Hall–Kier alpha value is -3.46. The van der Waals surface area contributed by atoms with Crippen molar-refractivity contribution in [3.63, 3.8) is 0 Å². The Bertz CT molecular complexity index is 1530. The molecule has 34 heavy (non-hydrogen) atoms. The fourth-order valence-corrected chi connectivity index (χ4v) is 5.08. The molecule has 0 fully saturated rings. The maximum Gasteiger partial charge on any atom is 0.227 e. The first-order valence-electron chi connectivity index (χ1n) is 12.0. The summed E-state index contributed by atoms with van der Waals surface area (Å²) in [5.41, 5.74) is 12.6. The molecular formula is C31H32N2O. The molecule has 0 unspecified atom stereocenters. The van der Waals surface area contributed by atoms with E-state index in [1.165, 1.54) is 33.4 Å². The molecule has 0 radical (unpaired) electrons. The van der Waals surface area contributed by atoms with Crippen molar-refractivity contribution in [2.24, 2.45) is 5.41 Å². The summed E-state index contributed by atoms with van der Waals surface area (Å²) in [6.07, 6.45) is 4.95. The molecule has 0 aliphatic carbocycles. The zero-order valence-corrected chi connectivity index (χ0v) is 21.2. The van der Waals surface area contributed by atoms with Crippen LogP contribution >= 0.6 is 0 Å². The van der Waals surface area contributed by atoms with Crippen LogP contribution in [0.25, 0.3) is 44.5 Å². The third-order valence-corrected chi connectivity index (χ3v) is 6.52. The third-order valence-electron chi connectivity index (χ3n) is 6.52. The average molecular weight is 449 g/mol. The Balaban J connectivity index is 1.64. The van der Waals surface area contributed by atoms with Gasteiger partial charge < -0.3 is 4.42 Å². The molecule has 3 aromatic heterocycles. The van der Waals surface area contributed by atoms with Crippen LogP contribution in [0.15, 0.2) is 59.3 Å². The minimum Gasteiger partial charge on any atom is -0.438 e. The normalized spacial score (nSPS) is 12.1. The first-order chi connectivity index (χ1) is 16.1. The van der Waals surface area contributed by atoms with Gasteiger partial charge in [0.25, 0.3) is 0 Å². The summed E-state index contributed by atoms with van der Waals surface area (Å²) in [5, 5.41) is 2.11. The molecule has 0 aliphatic rings. The maximum atomic E-state index is 6.09. The molecule has 0 saturated heterocycles. The zero-order valence-electron chi connectivity index (χ0n) is 21.2. The summed E-state index contributed by atoms with van der Waals surface area (Å²) in [6.45, 7) is 15.5. The second kappa shape index (κ2) is 8.09. The van der Waals surface area contributed by atoms with Gasteiger partial charge in [0.15, 0.2) is 0 Å². The Morgan fingerprint density at radius 2 is 1.44 bits per heavy atom. The molecule has 0 saturated carbocycles. The van der Waals surface area contributed by atoms with Crippen LogP contribution in [0.2, 0.25) is 0 Å². The summed E-state index contributed by atoms with van der Waals surface area (Å²) in [5.74, 6) is 0. The minimum atomic E-state index is 0.225. The quantitative estimate of drug-likeness (QED) is 0.277. The monoisotopic (exact) mass is 448 g/mol. The SMILES string of the molecule is Cc1cc(C)c(-c2cnc3oc4ccc(-c5cc(CC(C)(C)C)c(C)cn5)cc4c3c2)c(C)c1. The van der Waals surface area contributed by atoms with E-state index in [9.17, 15) is 0 Å². The number of hydrogen-bond acceptors (Lipinski definition) is 3. The first kappa shape index (κ1) is 22.3. The molecular weight excluding hydrogens is 416 g/mol. The minimum absolute atomic E-state index is 0.225. The summed E-state index contributed by atoms with van der Waals surface area (Å²) in [4.78, 5) is 9.45. The molecule has 3 heteroatoms. The van der Waals surface area contributed by atoms with Gasteiger partial charge >= 0.3 is 0 Å². The predicted octanol–water partition coefficient (Wildman–Crippen LogP) is 8.53. The van der Waals surface area contributed by atoms with Crippen LogP contribution in [0.1, 0.15) is 48.6 Å². The maximum absolute atomic E-state index is 6.09. The number of fused-ring (bicyclic) bond motifs is 3. The summed E-state index contributed by atoms with van der Waals surface area (Å²) in [6, 6.07) is 15.3. The molecule has 172 valence electrons. The van der Waals surface area contributed by atoms with Crippen LogP contribution in [0.3, 0.4) is 0 Å². The fourth-order valence-electron chi connectivity index (χ4n) is 5.08. The zero-order chi connectivity index (χ0) is 24.2. The summed E-state index contributed by atoms with van der Waals surface area (Å²) >= 11 is 0. The molecule has 0 amide bonds. The summed E-state index contributed by atoms with van der Waals surface area (Å²) in [7, 11) is 0. The van der Waals surface area contributed by atoms with Crippen molar-refractivity contribution in [1.82, 2.24) is 9.97 Å². The fraction of sp³-hybridized carbons (Fsp3) is 0.290. The van der Waals surface area contributed by atoms with Crippen LogP contribution in [0.4, 0.5) is 0 Å². The summed E-state index contributed by atoms with van der Waals surface area (Å²) < 4.78 is 6.09. The van der Waals surface area contributed by atoms with Crippen LogP contribution in [0, 0.1) is 33.1 Å². The van der Waals surface area contributed by atoms with E-state index >= 15 is 0 Å². The average Bonchev–Trinajstić information content (AvgIpc) is 3.11.